The Bertz CT molecular complexity index is 747. The number of nitrogens with zero attached hydrogens (tertiary/aromatic N) is 2. The van der Waals surface area contributed by atoms with E-state index in [2.05, 4.69) is 10.3 Å². The predicted molar refractivity (Wildman–Crippen MR) is 85.9 cm³/mol. The number of amides is 1. The van der Waals surface area contributed by atoms with Gasteiger partial charge in [0.1, 0.15) is 25.6 Å². The number of aryl methyl sites for hydroxylation is 1. The second kappa shape index (κ2) is 5.76. The number of carbonyl (C=O) groups is 1. The molecule has 0 saturated heterocycles. The summed E-state index contributed by atoms with van der Waals surface area (Å²) in [4.78, 5) is 16.9. The largest absolute Gasteiger partial charge is 0.486 e. The van der Waals surface area contributed by atoms with Gasteiger partial charge in [-0.3, -0.25) is 4.79 Å². The third-order valence-corrected chi connectivity index (χ3v) is 4.63. The smallest absolute Gasteiger partial charge is 0.240 e. The van der Waals surface area contributed by atoms with E-state index in [-0.39, 0.29) is 5.91 Å². The van der Waals surface area contributed by atoms with E-state index >= 15 is 0 Å². The molecular formula is C17H21N3O3. The summed E-state index contributed by atoms with van der Waals surface area (Å²) in [7, 11) is 0. The normalized spacial score (nSPS) is 17.6. The van der Waals surface area contributed by atoms with Gasteiger partial charge in [-0.05, 0) is 19.8 Å². The Labute approximate surface area is 134 Å². The number of fused-ring (bicyclic) bond motifs is 2. The molecule has 1 saturated carbocycles. The average molecular weight is 315 g/mol. The van der Waals surface area contributed by atoms with Crippen molar-refractivity contribution in [3.05, 3.63) is 18.0 Å². The highest BCUT2D eigenvalue weighted by atomic mass is 16.6. The van der Waals surface area contributed by atoms with Crippen LogP contribution in [0.15, 0.2) is 12.1 Å². The maximum absolute atomic E-state index is 12.3. The van der Waals surface area contributed by atoms with Crippen LogP contribution in [-0.4, -0.2) is 34.7 Å². The summed E-state index contributed by atoms with van der Waals surface area (Å²) >= 11 is 0. The van der Waals surface area contributed by atoms with Crippen LogP contribution in [0.25, 0.3) is 11.0 Å². The molecule has 1 N–H and O–H groups in total. The number of rotatable bonds is 3. The van der Waals surface area contributed by atoms with Crippen LogP contribution in [-0.2, 0) is 11.3 Å². The van der Waals surface area contributed by atoms with Crippen molar-refractivity contribution in [3.63, 3.8) is 0 Å². The van der Waals surface area contributed by atoms with Gasteiger partial charge in [-0.25, -0.2) is 4.98 Å². The van der Waals surface area contributed by atoms with Crippen molar-refractivity contribution < 1.29 is 14.3 Å². The molecule has 2 heterocycles. The first kappa shape index (κ1) is 14.4. The molecule has 0 unspecified atom stereocenters. The topological polar surface area (TPSA) is 65.4 Å². The van der Waals surface area contributed by atoms with E-state index in [1.165, 1.54) is 12.8 Å². The zero-order valence-electron chi connectivity index (χ0n) is 13.3. The fourth-order valence-electron chi connectivity index (χ4n) is 3.47. The summed E-state index contributed by atoms with van der Waals surface area (Å²) in [6.45, 7) is 3.32. The van der Waals surface area contributed by atoms with Crippen LogP contribution in [0.5, 0.6) is 11.5 Å². The minimum atomic E-state index is 0.0502. The van der Waals surface area contributed by atoms with Gasteiger partial charge in [0.2, 0.25) is 5.91 Å². The molecule has 6 heteroatoms. The highest BCUT2D eigenvalue weighted by molar-refractivity contribution is 5.83. The molecule has 0 radical (unpaired) electrons. The molecule has 0 spiro atoms. The van der Waals surface area contributed by atoms with Crippen LogP contribution in [0.2, 0.25) is 0 Å². The lowest BCUT2D eigenvalue weighted by atomic mass is 10.2. The quantitative estimate of drug-likeness (QED) is 0.943. The summed E-state index contributed by atoms with van der Waals surface area (Å²) in [5.41, 5.74) is 1.74. The maximum Gasteiger partial charge on any atom is 0.240 e. The summed E-state index contributed by atoms with van der Waals surface area (Å²) in [5.74, 6) is 2.32. The standard InChI is InChI=1S/C17H21N3O3/c1-11-18-13-8-15-16(23-7-6-22-15)9-14(13)20(11)10-17(21)19-12-4-2-3-5-12/h8-9,12H,2-7,10H2,1H3,(H,19,21). The zero-order chi connectivity index (χ0) is 15.8. The average Bonchev–Trinajstić information content (AvgIpc) is 3.14. The van der Waals surface area contributed by atoms with Crippen LogP contribution in [0, 0.1) is 6.92 Å². The van der Waals surface area contributed by atoms with Crippen LogP contribution >= 0.6 is 0 Å². The van der Waals surface area contributed by atoms with Gasteiger partial charge in [-0.15, -0.1) is 0 Å². The molecule has 2 aliphatic rings. The Hall–Kier alpha value is -2.24. The van der Waals surface area contributed by atoms with E-state index in [1.807, 2.05) is 23.6 Å². The molecule has 1 aromatic heterocycles. The van der Waals surface area contributed by atoms with Crippen molar-refractivity contribution in [2.45, 2.75) is 45.2 Å². The maximum atomic E-state index is 12.3. The number of benzene rings is 1. The lowest BCUT2D eigenvalue weighted by molar-refractivity contribution is -0.122. The van der Waals surface area contributed by atoms with E-state index in [9.17, 15) is 4.79 Å². The number of ether oxygens (including phenoxy) is 2. The molecule has 4 rings (SSSR count). The molecule has 122 valence electrons. The Morgan fingerprint density at radius 2 is 1.96 bits per heavy atom. The molecule has 6 nitrogen and oxygen atoms in total. The minimum absolute atomic E-state index is 0.0502. The molecule has 1 aliphatic heterocycles. The van der Waals surface area contributed by atoms with Gasteiger partial charge >= 0.3 is 0 Å². The summed E-state index contributed by atoms with van der Waals surface area (Å²) in [6.07, 6.45) is 4.60. The van der Waals surface area contributed by atoms with Crippen LogP contribution in [0.3, 0.4) is 0 Å². The third-order valence-electron chi connectivity index (χ3n) is 4.63. The van der Waals surface area contributed by atoms with Crippen molar-refractivity contribution in [1.29, 1.82) is 0 Å². The SMILES string of the molecule is Cc1nc2cc3c(cc2n1CC(=O)NC1CCCC1)OCCO3. The Kier molecular flexibility index (Phi) is 3.59. The lowest BCUT2D eigenvalue weighted by Gasteiger charge is -2.18. The van der Waals surface area contributed by atoms with E-state index in [0.29, 0.717) is 25.8 Å². The van der Waals surface area contributed by atoms with Gasteiger partial charge in [-0.1, -0.05) is 12.8 Å². The number of nitrogens with one attached hydrogen (secondary N) is 1. The second-order valence-electron chi connectivity index (χ2n) is 6.28. The molecule has 1 amide bonds. The van der Waals surface area contributed by atoms with E-state index in [0.717, 1.165) is 41.2 Å². The predicted octanol–water partition coefficient (Wildman–Crippen LogP) is 2.17. The molecule has 0 bridgehead atoms. The summed E-state index contributed by atoms with van der Waals surface area (Å²) in [6, 6.07) is 4.15. The monoisotopic (exact) mass is 315 g/mol. The van der Waals surface area contributed by atoms with Crippen LogP contribution < -0.4 is 14.8 Å². The first-order chi connectivity index (χ1) is 11.2. The van der Waals surface area contributed by atoms with Crippen LogP contribution in [0.1, 0.15) is 31.5 Å². The van der Waals surface area contributed by atoms with Gasteiger partial charge in [0, 0.05) is 18.2 Å². The van der Waals surface area contributed by atoms with Gasteiger partial charge in [0.25, 0.3) is 0 Å². The third kappa shape index (κ3) is 2.73. The van der Waals surface area contributed by atoms with Crippen LogP contribution in [0.4, 0.5) is 0 Å². The molecule has 1 aromatic carbocycles. The summed E-state index contributed by atoms with van der Waals surface area (Å²) in [5, 5.41) is 3.13. The van der Waals surface area contributed by atoms with E-state index in [1.54, 1.807) is 0 Å². The van der Waals surface area contributed by atoms with E-state index in [4.69, 9.17) is 9.47 Å². The Morgan fingerprint density at radius 1 is 1.26 bits per heavy atom. The van der Waals surface area contributed by atoms with Crippen molar-refractivity contribution in [2.75, 3.05) is 13.2 Å². The van der Waals surface area contributed by atoms with Gasteiger partial charge in [0.15, 0.2) is 11.5 Å². The number of carbonyl (C=O) groups excluding carboxylic acids is 1. The first-order valence-corrected chi connectivity index (χ1v) is 8.26. The number of hydrogen-bond donors (Lipinski definition) is 1. The molecule has 1 aliphatic carbocycles. The fraction of sp³-hybridized carbons (Fsp3) is 0.529. The van der Waals surface area contributed by atoms with Gasteiger partial charge < -0.3 is 19.4 Å². The summed E-state index contributed by atoms with van der Waals surface area (Å²) < 4.78 is 13.2. The fourth-order valence-corrected chi connectivity index (χ4v) is 3.47. The lowest BCUT2D eigenvalue weighted by Crippen LogP contribution is -2.35. The molecule has 0 atom stereocenters. The van der Waals surface area contributed by atoms with Crippen molar-refractivity contribution in [1.82, 2.24) is 14.9 Å². The van der Waals surface area contributed by atoms with Crippen molar-refractivity contribution in [2.24, 2.45) is 0 Å². The van der Waals surface area contributed by atoms with E-state index < -0.39 is 0 Å². The highest BCUT2D eigenvalue weighted by Gasteiger charge is 2.20. The molecule has 23 heavy (non-hydrogen) atoms. The molecule has 1 fully saturated rings. The highest BCUT2D eigenvalue weighted by Crippen LogP contribution is 2.34. The number of aromatic nitrogens is 2. The second-order valence-corrected chi connectivity index (χ2v) is 6.28. The van der Waals surface area contributed by atoms with Gasteiger partial charge in [-0.2, -0.15) is 0 Å². The Morgan fingerprint density at radius 3 is 2.70 bits per heavy atom. The number of hydrogen-bond acceptors (Lipinski definition) is 4. The number of imidazole rings is 1. The van der Waals surface area contributed by atoms with Gasteiger partial charge in [0.05, 0.1) is 11.0 Å². The Balaban J connectivity index is 1.60. The van der Waals surface area contributed by atoms with Crippen molar-refractivity contribution >= 4 is 16.9 Å². The molecule has 2 aromatic rings. The zero-order valence-corrected chi connectivity index (χ0v) is 13.3. The minimum Gasteiger partial charge on any atom is -0.486 e. The van der Waals surface area contributed by atoms with Crippen molar-refractivity contribution in [3.8, 4) is 11.5 Å². The first-order valence-electron chi connectivity index (χ1n) is 8.26. The molecular weight excluding hydrogens is 294 g/mol.